The van der Waals surface area contributed by atoms with Crippen molar-refractivity contribution in [3.05, 3.63) is 65.2 Å². The smallest absolute Gasteiger partial charge is 0.416 e. The second kappa shape index (κ2) is 7.83. The van der Waals surface area contributed by atoms with Gasteiger partial charge in [0.05, 0.1) is 11.1 Å². The molecular weight excluding hydrogens is 371 g/mol. The van der Waals surface area contributed by atoms with E-state index in [1.54, 1.807) is 0 Å². The summed E-state index contributed by atoms with van der Waals surface area (Å²) >= 11 is 4.94. The number of benzene rings is 2. The van der Waals surface area contributed by atoms with Crippen LogP contribution in [0.2, 0.25) is 0 Å². The van der Waals surface area contributed by atoms with E-state index in [2.05, 4.69) is 16.2 Å². The number of halogens is 3. The zero-order chi connectivity index (χ0) is 19.3. The van der Waals surface area contributed by atoms with Gasteiger partial charge in [0.15, 0.2) is 5.11 Å². The highest BCUT2D eigenvalue weighted by Crippen LogP contribution is 2.29. The average molecular weight is 383 g/mol. The quantitative estimate of drug-likeness (QED) is 0.481. The van der Waals surface area contributed by atoms with Crippen LogP contribution in [0.1, 0.15) is 26.3 Å². The summed E-state index contributed by atoms with van der Waals surface area (Å²) in [6.45, 7) is 0. The molecule has 0 fully saturated rings. The number of carboxylic acid groups (broad SMARTS) is 1. The molecule has 0 spiro atoms. The third-order valence-corrected chi connectivity index (χ3v) is 3.34. The molecule has 2 rings (SSSR count). The van der Waals surface area contributed by atoms with Gasteiger partial charge in [-0.3, -0.25) is 15.6 Å². The fourth-order valence-electron chi connectivity index (χ4n) is 1.88. The van der Waals surface area contributed by atoms with Crippen molar-refractivity contribution >= 4 is 34.9 Å². The SMILES string of the molecule is O=C(O)c1ccc(NC(=S)NNC(=O)c2cccc(C(F)(F)F)c2)cc1. The van der Waals surface area contributed by atoms with E-state index in [4.69, 9.17) is 17.3 Å². The number of thiocarbonyl (C=S) groups is 1. The molecule has 0 saturated heterocycles. The van der Waals surface area contributed by atoms with Crippen molar-refractivity contribution < 1.29 is 27.9 Å². The van der Waals surface area contributed by atoms with Crippen LogP contribution in [0.4, 0.5) is 18.9 Å². The molecule has 0 aliphatic rings. The summed E-state index contributed by atoms with van der Waals surface area (Å²) in [6, 6.07) is 9.57. The van der Waals surface area contributed by atoms with Crippen LogP contribution in [0.15, 0.2) is 48.5 Å². The predicted molar refractivity (Wildman–Crippen MR) is 91.7 cm³/mol. The molecule has 136 valence electrons. The maximum atomic E-state index is 12.7. The van der Waals surface area contributed by atoms with Crippen LogP contribution in [0.5, 0.6) is 0 Å². The summed E-state index contributed by atoms with van der Waals surface area (Å²) in [5.41, 5.74) is 3.94. The van der Waals surface area contributed by atoms with Gasteiger partial charge >= 0.3 is 12.1 Å². The molecule has 0 aliphatic carbocycles. The summed E-state index contributed by atoms with van der Waals surface area (Å²) in [5, 5.41) is 11.5. The number of carbonyl (C=O) groups excluding carboxylic acids is 1. The molecule has 6 nitrogen and oxygen atoms in total. The van der Waals surface area contributed by atoms with Crippen molar-refractivity contribution in [3.8, 4) is 0 Å². The Morgan fingerprint density at radius 2 is 1.62 bits per heavy atom. The minimum Gasteiger partial charge on any atom is -0.478 e. The Morgan fingerprint density at radius 1 is 0.962 bits per heavy atom. The van der Waals surface area contributed by atoms with Crippen molar-refractivity contribution in [3.63, 3.8) is 0 Å². The van der Waals surface area contributed by atoms with Crippen LogP contribution in [-0.4, -0.2) is 22.1 Å². The van der Waals surface area contributed by atoms with Gasteiger partial charge in [-0.05, 0) is 54.7 Å². The highest BCUT2D eigenvalue weighted by Gasteiger charge is 2.30. The van der Waals surface area contributed by atoms with Gasteiger partial charge in [-0.2, -0.15) is 13.2 Å². The van der Waals surface area contributed by atoms with Gasteiger partial charge in [0.1, 0.15) is 0 Å². The Morgan fingerprint density at radius 3 is 2.19 bits per heavy atom. The first-order valence-electron chi connectivity index (χ1n) is 7.05. The maximum Gasteiger partial charge on any atom is 0.416 e. The minimum atomic E-state index is -4.55. The van der Waals surface area contributed by atoms with Gasteiger partial charge in [0.2, 0.25) is 0 Å². The molecule has 26 heavy (non-hydrogen) atoms. The number of aromatic carboxylic acids is 1. The van der Waals surface area contributed by atoms with E-state index >= 15 is 0 Å². The molecule has 4 N–H and O–H groups in total. The van der Waals surface area contributed by atoms with E-state index in [-0.39, 0.29) is 16.2 Å². The highest BCUT2D eigenvalue weighted by molar-refractivity contribution is 7.80. The second-order valence-electron chi connectivity index (χ2n) is 4.99. The molecule has 2 aromatic carbocycles. The summed E-state index contributed by atoms with van der Waals surface area (Å²) in [5.74, 6) is -1.88. The average Bonchev–Trinajstić information content (AvgIpc) is 2.59. The number of alkyl halides is 3. The lowest BCUT2D eigenvalue weighted by molar-refractivity contribution is -0.137. The molecule has 1 amide bonds. The highest BCUT2D eigenvalue weighted by atomic mass is 32.1. The van der Waals surface area contributed by atoms with E-state index < -0.39 is 23.6 Å². The number of carboxylic acids is 1. The first kappa shape index (κ1) is 19.2. The lowest BCUT2D eigenvalue weighted by Crippen LogP contribution is -2.43. The largest absolute Gasteiger partial charge is 0.478 e. The van der Waals surface area contributed by atoms with E-state index in [0.29, 0.717) is 5.69 Å². The summed E-state index contributed by atoms with van der Waals surface area (Å²) in [7, 11) is 0. The zero-order valence-corrected chi connectivity index (χ0v) is 13.7. The van der Waals surface area contributed by atoms with Crippen LogP contribution < -0.4 is 16.2 Å². The van der Waals surface area contributed by atoms with Crippen molar-refractivity contribution in [1.82, 2.24) is 10.9 Å². The number of hydrogen-bond donors (Lipinski definition) is 4. The Labute approximate surface area is 151 Å². The topological polar surface area (TPSA) is 90.5 Å². The molecular formula is C16H12F3N3O3S. The Bertz CT molecular complexity index is 839. The van der Waals surface area contributed by atoms with Crippen molar-refractivity contribution in [1.29, 1.82) is 0 Å². The van der Waals surface area contributed by atoms with Crippen molar-refractivity contribution in [2.75, 3.05) is 5.32 Å². The number of hydrogen-bond acceptors (Lipinski definition) is 3. The van der Waals surface area contributed by atoms with Crippen LogP contribution in [-0.2, 0) is 6.18 Å². The van der Waals surface area contributed by atoms with Gasteiger partial charge in [-0.1, -0.05) is 6.07 Å². The van der Waals surface area contributed by atoms with E-state index in [1.807, 2.05) is 0 Å². The maximum absolute atomic E-state index is 12.7. The summed E-state index contributed by atoms with van der Waals surface area (Å²) in [6.07, 6.45) is -4.55. The number of rotatable bonds is 3. The number of hydrazine groups is 1. The van der Waals surface area contributed by atoms with Crippen LogP contribution in [0, 0.1) is 0 Å². The molecule has 0 bridgehead atoms. The van der Waals surface area contributed by atoms with Crippen LogP contribution >= 0.6 is 12.2 Å². The van der Waals surface area contributed by atoms with E-state index in [0.717, 1.165) is 18.2 Å². The molecule has 0 radical (unpaired) electrons. The molecule has 10 heteroatoms. The molecule has 0 atom stereocenters. The molecule has 0 unspecified atom stereocenters. The van der Waals surface area contributed by atoms with E-state index in [1.165, 1.54) is 30.3 Å². The normalized spacial score (nSPS) is 10.7. The lowest BCUT2D eigenvalue weighted by Gasteiger charge is -2.12. The zero-order valence-electron chi connectivity index (χ0n) is 12.9. The van der Waals surface area contributed by atoms with E-state index in [9.17, 15) is 22.8 Å². The number of anilines is 1. The van der Waals surface area contributed by atoms with Crippen molar-refractivity contribution in [2.45, 2.75) is 6.18 Å². The fraction of sp³-hybridized carbons (Fsp3) is 0.0625. The molecule has 2 aromatic rings. The van der Waals surface area contributed by atoms with Crippen LogP contribution in [0.25, 0.3) is 0 Å². The van der Waals surface area contributed by atoms with Gasteiger partial charge in [0, 0.05) is 11.3 Å². The fourth-order valence-corrected chi connectivity index (χ4v) is 2.05. The molecule has 0 aromatic heterocycles. The second-order valence-corrected chi connectivity index (χ2v) is 5.40. The monoisotopic (exact) mass is 383 g/mol. The van der Waals surface area contributed by atoms with Gasteiger partial charge in [-0.15, -0.1) is 0 Å². The molecule has 0 saturated carbocycles. The number of nitrogens with one attached hydrogen (secondary N) is 3. The third-order valence-electron chi connectivity index (χ3n) is 3.13. The van der Waals surface area contributed by atoms with Gasteiger partial charge in [0.25, 0.3) is 5.91 Å². The van der Waals surface area contributed by atoms with Crippen molar-refractivity contribution in [2.24, 2.45) is 0 Å². The standard InChI is InChI=1S/C16H12F3N3O3S/c17-16(18,19)11-3-1-2-10(8-11)13(23)21-22-15(26)20-12-6-4-9(5-7-12)14(24)25/h1-8H,(H,21,23)(H,24,25)(H2,20,22,26). The molecule has 0 aliphatic heterocycles. The minimum absolute atomic E-state index is 0.0339. The summed E-state index contributed by atoms with van der Waals surface area (Å²) < 4.78 is 38.0. The third kappa shape index (κ3) is 5.18. The number of amides is 1. The van der Waals surface area contributed by atoms with Gasteiger partial charge in [-0.25, -0.2) is 4.79 Å². The Hall–Kier alpha value is -3.14. The first-order chi connectivity index (χ1) is 12.2. The Kier molecular flexibility index (Phi) is 5.78. The molecule has 0 heterocycles. The summed E-state index contributed by atoms with van der Waals surface area (Å²) in [4.78, 5) is 22.7. The van der Waals surface area contributed by atoms with Gasteiger partial charge < -0.3 is 10.4 Å². The first-order valence-corrected chi connectivity index (χ1v) is 7.45. The Balaban J connectivity index is 1.92. The lowest BCUT2D eigenvalue weighted by atomic mass is 10.1. The number of carbonyl (C=O) groups is 2. The van der Waals surface area contributed by atoms with Crippen LogP contribution in [0.3, 0.4) is 0 Å². The predicted octanol–water partition coefficient (Wildman–Crippen LogP) is 3.04.